The normalized spacial score (nSPS) is 11.4. The van der Waals surface area contributed by atoms with Gasteiger partial charge in [0.25, 0.3) is 0 Å². The van der Waals surface area contributed by atoms with E-state index in [4.69, 9.17) is 16.3 Å². The van der Waals surface area contributed by atoms with Crippen molar-refractivity contribution in [3.63, 3.8) is 0 Å². The average molecular weight is 361 g/mol. The molecule has 130 valence electrons. The molecule has 0 bridgehead atoms. The minimum Gasteiger partial charge on any atom is -0.383 e. The standard InChI is InChI=1S/C15H16ClF3N4O/c1-9-21-13(20-5-6-24-2)8-14(22-9)23-12-4-3-10(16)7-11(12)15(17,18)19/h3-4,7-8H,5-6H2,1-2H3,(H2,20,21,22,23). The molecule has 0 spiro atoms. The molecule has 0 radical (unpaired) electrons. The van der Waals surface area contributed by atoms with Crippen molar-refractivity contribution < 1.29 is 17.9 Å². The van der Waals surface area contributed by atoms with E-state index < -0.39 is 11.7 Å². The first kappa shape index (κ1) is 18.3. The Balaban J connectivity index is 2.28. The topological polar surface area (TPSA) is 59.1 Å². The summed E-state index contributed by atoms with van der Waals surface area (Å²) in [6, 6.07) is 5.04. The largest absolute Gasteiger partial charge is 0.418 e. The fourth-order valence-electron chi connectivity index (χ4n) is 2.00. The number of halogens is 4. The number of aryl methyl sites for hydroxylation is 1. The second-order valence-electron chi connectivity index (χ2n) is 4.92. The van der Waals surface area contributed by atoms with Gasteiger partial charge < -0.3 is 15.4 Å². The molecule has 0 aliphatic rings. The number of anilines is 3. The SMILES string of the molecule is COCCNc1cc(Nc2ccc(Cl)cc2C(F)(F)F)nc(C)n1. The molecule has 1 heterocycles. The highest BCUT2D eigenvalue weighted by molar-refractivity contribution is 6.30. The van der Waals surface area contributed by atoms with Crippen LogP contribution in [0.5, 0.6) is 0 Å². The highest BCUT2D eigenvalue weighted by Gasteiger charge is 2.34. The van der Waals surface area contributed by atoms with Crippen LogP contribution in [-0.2, 0) is 10.9 Å². The number of hydrogen-bond donors (Lipinski definition) is 2. The van der Waals surface area contributed by atoms with E-state index in [1.54, 1.807) is 14.0 Å². The first-order valence-electron chi connectivity index (χ1n) is 7.02. The van der Waals surface area contributed by atoms with Gasteiger partial charge in [-0.1, -0.05) is 11.6 Å². The first-order chi connectivity index (χ1) is 11.3. The van der Waals surface area contributed by atoms with E-state index >= 15 is 0 Å². The van der Waals surface area contributed by atoms with Crippen LogP contribution in [-0.4, -0.2) is 30.2 Å². The van der Waals surface area contributed by atoms with E-state index in [0.29, 0.717) is 24.8 Å². The number of alkyl halides is 3. The van der Waals surface area contributed by atoms with Crippen molar-refractivity contribution in [1.29, 1.82) is 0 Å². The van der Waals surface area contributed by atoms with E-state index in [9.17, 15) is 13.2 Å². The highest BCUT2D eigenvalue weighted by Crippen LogP contribution is 2.37. The minimum absolute atomic E-state index is 0.00802. The zero-order chi connectivity index (χ0) is 17.7. The minimum atomic E-state index is -4.53. The van der Waals surface area contributed by atoms with Gasteiger partial charge in [0.15, 0.2) is 0 Å². The maximum atomic E-state index is 13.1. The molecule has 24 heavy (non-hydrogen) atoms. The monoisotopic (exact) mass is 360 g/mol. The Kier molecular flexibility index (Phi) is 5.84. The van der Waals surface area contributed by atoms with E-state index in [1.165, 1.54) is 18.2 Å². The van der Waals surface area contributed by atoms with E-state index in [0.717, 1.165) is 6.07 Å². The van der Waals surface area contributed by atoms with Crippen LogP contribution in [0.25, 0.3) is 0 Å². The number of nitrogens with zero attached hydrogens (tertiary/aromatic N) is 2. The highest BCUT2D eigenvalue weighted by atomic mass is 35.5. The molecular weight excluding hydrogens is 345 g/mol. The zero-order valence-corrected chi connectivity index (χ0v) is 13.8. The molecule has 0 saturated heterocycles. The molecule has 0 aliphatic heterocycles. The van der Waals surface area contributed by atoms with E-state index in [1.807, 2.05) is 0 Å². The van der Waals surface area contributed by atoms with Gasteiger partial charge in [0, 0.05) is 24.7 Å². The molecule has 0 aliphatic carbocycles. The van der Waals surface area contributed by atoms with E-state index in [2.05, 4.69) is 20.6 Å². The summed E-state index contributed by atoms with van der Waals surface area (Å²) in [5.74, 6) is 1.15. The van der Waals surface area contributed by atoms with Gasteiger partial charge in [-0.05, 0) is 25.1 Å². The number of ether oxygens (including phenoxy) is 1. The molecule has 0 fully saturated rings. The third kappa shape index (κ3) is 4.97. The van der Waals surface area contributed by atoms with Crippen molar-refractivity contribution in [3.8, 4) is 0 Å². The third-order valence-electron chi connectivity index (χ3n) is 3.00. The molecule has 1 aromatic carbocycles. The molecule has 0 amide bonds. The van der Waals surface area contributed by atoms with Crippen LogP contribution in [0.3, 0.4) is 0 Å². The second-order valence-corrected chi connectivity index (χ2v) is 5.35. The van der Waals surface area contributed by atoms with Crippen LogP contribution in [0.15, 0.2) is 24.3 Å². The summed E-state index contributed by atoms with van der Waals surface area (Å²) < 4.78 is 44.3. The van der Waals surface area contributed by atoms with Gasteiger partial charge in [-0.3, -0.25) is 0 Å². The summed E-state index contributed by atoms with van der Waals surface area (Å²) in [7, 11) is 1.57. The van der Waals surface area contributed by atoms with Crippen molar-refractivity contribution in [2.75, 3.05) is 30.9 Å². The Morgan fingerprint density at radius 3 is 2.54 bits per heavy atom. The van der Waals surface area contributed by atoms with Crippen molar-refractivity contribution >= 4 is 28.9 Å². The molecule has 0 atom stereocenters. The average Bonchev–Trinajstić information content (AvgIpc) is 2.48. The number of rotatable bonds is 6. The molecule has 1 aromatic heterocycles. The lowest BCUT2D eigenvalue weighted by Gasteiger charge is -2.15. The van der Waals surface area contributed by atoms with Gasteiger partial charge >= 0.3 is 6.18 Å². The molecule has 5 nitrogen and oxygen atoms in total. The number of hydrogen-bond acceptors (Lipinski definition) is 5. The number of methoxy groups -OCH3 is 1. The lowest BCUT2D eigenvalue weighted by Crippen LogP contribution is -2.12. The molecule has 0 saturated carbocycles. The van der Waals surface area contributed by atoms with Crippen LogP contribution in [0.4, 0.5) is 30.5 Å². The second kappa shape index (κ2) is 7.67. The Hall–Kier alpha value is -2.06. The van der Waals surface area contributed by atoms with Crippen LogP contribution < -0.4 is 10.6 Å². The van der Waals surface area contributed by atoms with Gasteiger partial charge in [0.2, 0.25) is 0 Å². The smallest absolute Gasteiger partial charge is 0.383 e. The lowest BCUT2D eigenvalue weighted by atomic mass is 10.1. The summed E-state index contributed by atoms with van der Waals surface area (Å²) in [5, 5.41) is 5.69. The van der Waals surface area contributed by atoms with Crippen molar-refractivity contribution in [3.05, 3.63) is 40.7 Å². The van der Waals surface area contributed by atoms with Crippen LogP contribution >= 0.6 is 11.6 Å². The first-order valence-corrected chi connectivity index (χ1v) is 7.39. The van der Waals surface area contributed by atoms with Gasteiger partial charge in [0.1, 0.15) is 17.5 Å². The van der Waals surface area contributed by atoms with Crippen LogP contribution in [0.1, 0.15) is 11.4 Å². The van der Waals surface area contributed by atoms with Gasteiger partial charge in [0.05, 0.1) is 17.9 Å². The molecule has 2 N–H and O–H groups in total. The number of aromatic nitrogens is 2. The molecule has 2 rings (SSSR count). The number of benzene rings is 1. The van der Waals surface area contributed by atoms with Crippen LogP contribution in [0.2, 0.25) is 5.02 Å². The van der Waals surface area contributed by atoms with Crippen molar-refractivity contribution in [2.45, 2.75) is 13.1 Å². The maximum Gasteiger partial charge on any atom is 0.418 e. The quantitative estimate of drug-likeness (QED) is 0.754. The predicted octanol–water partition coefficient (Wildman–Crippen LogP) is 4.26. The Morgan fingerprint density at radius 1 is 1.17 bits per heavy atom. The predicted molar refractivity (Wildman–Crippen MR) is 86.9 cm³/mol. The fourth-order valence-corrected chi connectivity index (χ4v) is 2.17. The fraction of sp³-hybridized carbons (Fsp3) is 0.333. The Labute approximate surface area is 142 Å². The summed E-state index contributed by atoms with van der Waals surface area (Å²) in [5.41, 5.74) is -0.993. The molecule has 2 aromatic rings. The summed E-state index contributed by atoms with van der Waals surface area (Å²) in [6.45, 7) is 2.64. The molecule has 0 unspecified atom stereocenters. The summed E-state index contributed by atoms with van der Waals surface area (Å²) >= 11 is 5.67. The maximum absolute atomic E-state index is 13.1. The Morgan fingerprint density at radius 2 is 1.88 bits per heavy atom. The zero-order valence-electron chi connectivity index (χ0n) is 13.0. The lowest BCUT2D eigenvalue weighted by molar-refractivity contribution is -0.136. The third-order valence-corrected chi connectivity index (χ3v) is 3.24. The summed E-state index contributed by atoms with van der Waals surface area (Å²) in [4.78, 5) is 8.28. The summed E-state index contributed by atoms with van der Waals surface area (Å²) in [6.07, 6.45) is -4.53. The van der Waals surface area contributed by atoms with Crippen molar-refractivity contribution in [2.24, 2.45) is 0 Å². The van der Waals surface area contributed by atoms with Gasteiger partial charge in [-0.2, -0.15) is 13.2 Å². The van der Waals surface area contributed by atoms with E-state index in [-0.39, 0.29) is 16.5 Å². The van der Waals surface area contributed by atoms with Gasteiger partial charge in [-0.15, -0.1) is 0 Å². The molecular formula is C15H16ClF3N4O. The van der Waals surface area contributed by atoms with Crippen molar-refractivity contribution in [1.82, 2.24) is 9.97 Å². The van der Waals surface area contributed by atoms with Gasteiger partial charge in [-0.25, -0.2) is 9.97 Å². The Bertz CT molecular complexity index is 710. The number of nitrogens with one attached hydrogen (secondary N) is 2. The van der Waals surface area contributed by atoms with Crippen LogP contribution in [0, 0.1) is 6.92 Å². The molecule has 9 heteroatoms.